The Bertz CT molecular complexity index is 412. The molecule has 0 aliphatic carbocycles. The zero-order valence-electron chi connectivity index (χ0n) is 8.88. The van der Waals surface area contributed by atoms with Gasteiger partial charge in [0.05, 0.1) is 16.1 Å². The van der Waals surface area contributed by atoms with E-state index in [0.717, 1.165) is 0 Å². The number of rotatable bonds is 6. The number of hydrogen-bond acceptors (Lipinski definition) is 2. The summed E-state index contributed by atoms with van der Waals surface area (Å²) < 4.78 is 19.0. The van der Waals surface area contributed by atoms with Gasteiger partial charge in [-0.05, 0) is 34.8 Å². The van der Waals surface area contributed by atoms with Gasteiger partial charge in [0.1, 0.15) is 11.6 Å². The Kier molecular flexibility index (Phi) is 5.71. The van der Waals surface area contributed by atoms with Crippen LogP contribution in [0.5, 0.6) is 5.75 Å². The molecule has 0 unspecified atom stereocenters. The lowest BCUT2D eigenvalue weighted by molar-refractivity contribution is -0.137. The molecule has 3 nitrogen and oxygen atoms in total. The zero-order valence-corrected chi connectivity index (χ0v) is 11.2. The van der Waals surface area contributed by atoms with Crippen LogP contribution in [0, 0.1) is 5.82 Å². The molecule has 0 aliphatic rings. The Morgan fingerprint density at radius 2 is 2.18 bits per heavy atom. The number of halogens is 3. The lowest BCUT2D eigenvalue weighted by Crippen LogP contribution is -2.01. The van der Waals surface area contributed by atoms with E-state index in [9.17, 15) is 9.18 Å². The molecule has 0 aromatic heterocycles. The highest BCUT2D eigenvalue weighted by Crippen LogP contribution is 2.30. The van der Waals surface area contributed by atoms with Crippen LogP contribution >= 0.6 is 27.5 Å². The largest absolute Gasteiger partial charge is 0.492 e. The summed E-state index contributed by atoms with van der Waals surface area (Å²) in [6.07, 6.45) is 1.24. The van der Waals surface area contributed by atoms with Crippen molar-refractivity contribution in [2.45, 2.75) is 19.3 Å². The second kappa shape index (κ2) is 6.81. The second-order valence-corrected chi connectivity index (χ2v) is 4.66. The van der Waals surface area contributed by atoms with E-state index in [0.29, 0.717) is 29.7 Å². The van der Waals surface area contributed by atoms with E-state index in [1.54, 1.807) is 0 Å². The van der Waals surface area contributed by atoms with Gasteiger partial charge >= 0.3 is 5.97 Å². The summed E-state index contributed by atoms with van der Waals surface area (Å²) in [7, 11) is 0. The van der Waals surface area contributed by atoms with E-state index in [-0.39, 0.29) is 11.4 Å². The van der Waals surface area contributed by atoms with Crippen molar-refractivity contribution >= 4 is 33.5 Å². The normalized spacial score (nSPS) is 10.3. The number of ether oxygens (including phenoxy) is 1. The van der Waals surface area contributed by atoms with Gasteiger partial charge < -0.3 is 9.84 Å². The van der Waals surface area contributed by atoms with Crippen LogP contribution < -0.4 is 4.74 Å². The monoisotopic (exact) mass is 324 g/mol. The fourth-order valence-corrected chi connectivity index (χ4v) is 1.93. The van der Waals surface area contributed by atoms with Crippen molar-refractivity contribution in [2.24, 2.45) is 0 Å². The van der Waals surface area contributed by atoms with Crippen LogP contribution in [0.1, 0.15) is 19.3 Å². The minimum atomic E-state index is -0.830. The quantitative estimate of drug-likeness (QED) is 0.638. The fraction of sp³-hybridized carbons (Fsp3) is 0.364. The molecule has 0 spiro atoms. The summed E-state index contributed by atoms with van der Waals surface area (Å²) in [4.78, 5) is 10.3. The standard InChI is InChI=1S/C11H11BrClFO3/c12-7-5-8(13)9(14)6-10(7)17-4-2-1-3-11(15)16/h5-6H,1-4H2,(H,15,16). The van der Waals surface area contributed by atoms with E-state index >= 15 is 0 Å². The Balaban J connectivity index is 2.41. The fourth-order valence-electron chi connectivity index (χ4n) is 1.18. The molecule has 0 fully saturated rings. The van der Waals surface area contributed by atoms with Crippen LogP contribution in [0.15, 0.2) is 16.6 Å². The summed E-state index contributed by atoms with van der Waals surface area (Å²) >= 11 is 8.78. The molecule has 0 saturated heterocycles. The number of carboxylic acid groups (broad SMARTS) is 1. The maximum Gasteiger partial charge on any atom is 0.303 e. The third-order valence-corrected chi connectivity index (χ3v) is 2.93. The highest BCUT2D eigenvalue weighted by atomic mass is 79.9. The molecule has 17 heavy (non-hydrogen) atoms. The van der Waals surface area contributed by atoms with E-state index in [1.807, 2.05) is 0 Å². The molecule has 1 rings (SSSR count). The molecule has 1 aromatic rings. The van der Waals surface area contributed by atoms with Gasteiger partial charge in [-0.3, -0.25) is 4.79 Å². The van der Waals surface area contributed by atoms with Crippen LogP contribution in [0.2, 0.25) is 5.02 Å². The molecule has 0 bridgehead atoms. The van der Waals surface area contributed by atoms with Gasteiger partial charge in [0.25, 0.3) is 0 Å². The van der Waals surface area contributed by atoms with Crippen LogP contribution in [0.25, 0.3) is 0 Å². The average molecular weight is 326 g/mol. The van der Waals surface area contributed by atoms with Gasteiger partial charge in [-0.25, -0.2) is 4.39 Å². The Morgan fingerprint density at radius 1 is 1.47 bits per heavy atom. The first-order chi connectivity index (χ1) is 8.00. The lowest BCUT2D eigenvalue weighted by Gasteiger charge is -2.08. The van der Waals surface area contributed by atoms with Crippen molar-refractivity contribution in [2.75, 3.05) is 6.61 Å². The summed E-state index contributed by atoms with van der Waals surface area (Å²) in [6.45, 7) is 0.340. The van der Waals surface area contributed by atoms with Crippen LogP contribution in [-0.4, -0.2) is 17.7 Å². The van der Waals surface area contributed by atoms with Crippen molar-refractivity contribution in [3.63, 3.8) is 0 Å². The first-order valence-corrected chi connectivity index (χ1v) is 6.17. The summed E-state index contributed by atoms with van der Waals surface area (Å²) in [6, 6.07) is 2.62. The highest BCUT2D eigenvalue weighted by Gasteiger charge is 2.07. The second-order valence-electron chi connectivity index (χ2n) is 3.40. The van der Waals surface area contributed by atoms with E-state index in [4.69, 9.17) is 21.4 Å². The topological polar surface area (TPSA) is 46.5 Å². The van der Waals surface area contributed by atoms with Crippen molar-refractivity contribution in [1.82, 2.24) is 0 Å². The van der Waals surface area contributed by atoms with Gasteiger partial charge in [0.15, 0.2) is 0 Å². The molecule has 0 heterocycles. The SMILES string of the molecule is O=C(O)CCCCOc1cc(F)c(Cl)cc1Br. The minimum Gasteiger partial charge on any atom is -0.492 e. The third kappa shape index (κ3) is 4.91. The molecule has 0 radical (unpaired) electrons. The molecule has 94 valence electrons. The Hall–Kier alpha value is -0.810. The molecular formula is C11H11BrClFO3. The van der Waals surface area contributed by atoms with E-state index in [2.05, 4.69) is 15.9 Å². The molecule has 0 aliphatic heterocycles. The van der Waals surface area contributed by atoms with Crippen molar-refractivity contribution < 1.29 is 19.0 Å². The Morgan fingerprint density at radius 3 is 2.82 bits per heavy atom. The molecule has 0 amide bonds. The maximum absolute atomic E-state index is 13.1. The van der Waals surface area contributed by atoms with Crippen molar-refractivity contribution in [3.8, 4) is 5.75 Å². The molecular weight excluding hydrogens is 314 g/mol. The Labute approximate surface area is 112 Å². The summed E-state index contributed by atoms with van der Waals surface area (Å²) in [5, 5.41) is 8.45. The number of carbonyl (C=O) groups is 1. The van der Waals surface area contributed by atoms with E-state index < -0.39 is 11.8 Å². The predicted molar refractivity (Wildman–Crippen MR) is 66.1 cm³/mol. The third-order valence-electron chi connectivity index (χ3n) is 2.02. The summed E-state index contributed by atoms with van der Waals surface area (Å²) in [5.41, 5.74) is 0. The highest BCUT2D eigenvalue weighted by molar-refractivity contribution is 9.10. The van der Waals surface area contributed by atoms with Crippen LogP contribution in [-0.2, 0) is 4.79 Å². The van der Waals surface area contributed by atoms with Gasteiger partial charge in [-0.15, -0.1) is 0 Å². The first kappa shape index (κ1) is 14.3. The lowest BCUT2D eigenvalue weighted by atomic mass is 10.2. The van der Waals surface area contributed by atoms with Crippen molar-refractivity contribution in [1.29, 1.82) is 0 Å². The number of unbranched alkanes of at least 4 members (excludes halogenated alkanes) is 1. The molecule has 0 saturated carbocycles. The molecule has 0 atom stereocenters. The molecule has 6 heteroatoms. The van der Waals surface area contributed by atoms with Crippen molar-refractivity contribution in [3.05, 3.63) is 27.4 Å². The van der Waals surface area contributed by atoms with Crippen LogP contribution in [0.4, 0.5) is 4.39 Å². The summed E-state index contributed by atoms with van der Waals surface area (Å²) in [5.74, 6) is -1.01. The minimum absolute atomic E-state index is 0.0232. The smallest absolute Gasteiger partial charge is 0.303 e. The van der Waals surface area contributed by atoms with Gasteiger partial charge in [-0.1, -0.05) is 11.6 Å². The van der Waals surface area contributed by atoms with Gasteiger partial charge in [0, 0.05) is 12.5 Å². The van der Waals surface area contributed by atoms with Crippen LogP contribution in [0.3, 0.4) is 0 Å². The van der Waals surface area contributed by atoms with Gasteiger partial charge in [0.2, 0.25) is 0 Å². The average Bonchev–Trinajstić information content (AvgIpc) is 2.24. The number of aliphatic carboxylic acids is 1. The molecule has 1 aromatic carbocycles. The zero-order chi connectivity index (χ0) is 12.8. The molecule has 1 N–H and O–H groups in total. The number of hydrogen-bond donors (Lipinski definition) is 1. The van der Waals surface area contributed by atoms with E-state index in [1.165, 1.54) is 12.1 Å². The number of carboxylic acids is 1. The predicted octanol–water partition coefficient (Wildman–Crippen LogP) is 3.88. The van der Waals surface area contributed by atoms with Gasteiger partial charge in [-0.2, -0.15) is 0 Å². The maximum atomic E-state index is 13.1. The number of benzene rings is 1. The first-order valence-electron chi connectivity index (χ1n) is 5.00.